The van der Waals surface area contributed by atoms with Crippen LogP contribution in [0, 0.1) is 0 Å². The topological polar surface area (TPSA) is 65.6 Å². The second-order valence-electron chi connectivity index (χ2n) is 5.38. The summed E-state index contributed by atoms with van der Waals surface area (Å²) in [5.41, 5.74) is 0.710. The summed E-state index contributed by atoms with van der Waals surface area (Å²) in [4.78, 5) is 8.97. The average molecular weight is 353 g/mol. The number of hydrogen-bond acceptors (Lipinski definition) is 6. The smallest absolute Gasteiger partial charge is 0.258 e. The fourth-order valence-electron chi connectivity index (χ4n) is 2.42. The van der Waals surface area contributed by atoms with Crippen LogP contribution in [0.15, 0.2) is 27.2 Å². The lowest BCUT2D eigenvalue weighted by Crippen LogP contribution is -2.45. The van der Waals surface area contributed by atoms with Crippen molar-refractivity contribution in [2.24, 2.45) is 0 Å². The molecule has 1 atom stereocenters. The minimum atomic E-state index is 0.130. The van der Waals surface area contributed by atoms with Crippen LogP contribution in [0.4, 0.5) is 0 Å². The highest BCUT2D eigenvalue weighted by atomic mass is 79.9. The number of rotatable bonds is 2. The van der Waals surface area contributed by atoms with E-state index in [1.165, 1.54) is 0 Å². The van der Waals surface area contributed by atoms with Gasteiger partial charge < -0.3 is 14.5 Å². The van der Waals surface area contributed by atoms with Crippen LogP contribution in [0.5, 0.6) is 5.75 Å². The van der Waals surface area contributed by atoms with E-state index in [2.05, 4.69) is 50.0 Å². The first-order chi connectivity index (χ1) is 10.0. The fourth-order valence-corrected chi connectivity index (χ4v) is 2.67. The van der Waals surface area contributed by atoms with E-state index in [-0.39, 0.29) is 11.8 Å². The summed E-state index contributed by atoms with van der Waals surface area (Å²) in [6, 6.07) is 5.33. The molecule has 0 aliphatic carbocycles. The van der Waals surface area contributed by atoms with E-state index in [1.807, 2.05) is 6.07 Å². The summed E-state index contributed by atoms with van der Waals surface area (Å²) in [6.07, 6.45) is 0. The Morgan fingerprint density at radius 3 is 2.90 bits per heavy atom. The quantitative estimate of drug-likeness (QED) is 0.892. The highest BCUT2D eigenvalue weighted by molar-refractivity contribution is 9.10. The second kappa shape index (κ2) is 5.75. The Morgan fingerprint density at radius 2 is 2.14 bits per heavy atom. The Kier molecular flexibility index (Phi) is 3.97. The number of phenols is 1. The number of nitrogens with zero attached hydrogens (tertiary/aromatic N) is 4. The first-order valence-electron chi connectivity index (χ1n) is 6.76. The zero-order valence-corrected chi connectivity index (χ0v) is 13.5. The van der Waals surface area contributed by atoms with Crippen molar-refractivity contribution in [3.8, 4) is 17.2 Å². The van der Waals surface area contributed by atoms with Gasteiger partial charge in [0.1, 0.15) is 5.75 Å². The van der Waals surface area contributed by atoms with Crippen LogP contribution in [0.1, 0.15) is 11.9 Å². The molecule has 0 bridgehead atoms. The van der Waals surface area contributed by atoms with Crippen LogP contribution in [0.25, 0.3) is 11.5 Å². The van der Waals surface area contributed by atoms with Gasteiger partial charge in [-0.1, -0.05) is 5.16 Å². The van der Waals surface area contributed by atoms with Gasteiger partial charge in [0.15, 0.2) is 5.82 Å². The van der Waals surface area contributed by atoms with Crippen LogP contribution in [0.3, 0.4) is 0 Å². The summed E-state index contributed by atoms with van der Waals surface area (Å²) < 4.78 is 5.99. The summed E-state index contributed by atoms with van der Waals surface area (Å²) in [7, 11) is 4.16. The third kappa shape index (κ3) is 2.95. The lowest BCUT2D eigenvalue weighted by Gasteiger charge is -2.35. The van der Waals surface area contributed by atoms with Gasteiger partial charge in [-0.25, -0.2) is 0 Å². The maximum Gasteiger partial charge on any atom is 0.258 e. The van der Waals surface area contributed by atoms with Gasteiger partial charge in [-0.15, -0.1) is 0 Å². The Bertz CT molecular complexity index is 646. The van der Waals surface area contributed by atoms with E-state index >= 15 is 0 Å². The minimum Gasteiger partial charge on any atom is -0.507 e. The predicted octanol–water partition coefficient (Wildman–Crippen LogP) is 2.12. The van der Waals surface area contributed by atoms with Crippen molar-refractivity contribution in [3.63, 3.8) is 0 Å². The number of aromatic nitrogens is 2. The molecule has 2 aromatic rings. The molecule has 21 heavy (non-hydrogen) atoms. The third-order valence-corrected chi connectivity index (χ3v) is 4.45. The first-order valence-corrected chi connectivity index (χ1v) is 7.55. The largest absolute Gasteiger partial charge is 0.507 e. The molecule has 1 aromatic carbocycles. The van der Waals surface area contributed by atoms with Crippen LogP contribution >= 0.6 is 15.9 Å². The van der Waals surface area contributed by atoms with Gasteiger partial charge in [-0.05, 0) is 48.2 Å². The van der Waals surface area contributed by atoms with Crippen molar-refractivity contribution in [1.82, 2.24) is 19.9 Å². The van der Waals surface area contributed by atoms with E-state index in [4.69, 9.17) is 4.52 Å². The van der Waals surface area contributed by atoms with E-state index < -0.39 is 0 Å². The number of piperazine rings is 1. The summed E-state index contributed by atoms with van der Waals surface area (Å²) in [5.74, 6) is 1.26. The first kappa shape index (κ1) is 14.5. The Balaban J connectivity index is 1.87. The molecule has 1 fully saturated rings. The summed E-state index contributed by atoms with van der Waals surface area (Å²) in [6.45, 7) is 2.89. The van der Waals surface area contributed by atoms with Crippen molar-refractivity contribution < 1.29 is 9.63 Å². The molecule has 1 N–H and O–H groups in total. The monoisotopic (exact) mass is 352 g/mol. The van der Waals surface area contributed by atoms with Crippen molar-refractivity contribution in [2.75, 3.05) is 33.7 Å². The molecule has 1 saturated heterocycles. The van der Waals surface area contributed by atoms with Gasteiger partial charge in [-0.3, -0.25) is 4.90 Å². The maximum absolute atomic E-state index is 9.74. The Morgan fingerprint density at radius 1 is 1.33 bits per heavy atom. The number of hydrogen-bond donors (Lipinski definition) is 1. The molecular formula is C14H17BrN4O2. The molecule has 1 unspecified atom stereocenters. The van der Waals surface area contributed by atoms with Crippen molar-refractivity contribution in [2.45, 2.75) is 6.04 Å². The SMILES string of the molecule is CN1CCN(C)C(c2noc(-c3ccc(Br)c(O)c3)n2)C1. The standard InChI is InChI=1S/C14H17BrN4O2/c1-18-5-6-19(2)11(8-18)13-16-14(21-17-13)9-3-4-10(15)12(20)7-9/h3-4,7,11,20H,5-6,8H2,1-2H3. The molecule has 0 spiro atoms. The molecule has 6 nitrogen and oxygen atoms in total. The van der Waals surface area contributed by atoms with E-state index in [0.29, 0.717) is 21.8 Å². The minimum absolute atomic E-state index is 0.130. The zero-order valence-electron chi connectivity index (χ0n) is 12.0. The molecule has 0 saturated carbocycles. The van der Waals surface area contributed by atoms with Crippen LogP contribution in [0.2, 0.25) is 0 Å². The van der Waals surface area contributed by atoms with Gasteiger partial charge in [0.25, 0.3) is 5.89 Å². The number of likely N-dealkylation sites (N-methyl/N-ethyl adjacent to an activating group) is 2. The normalized spacial score (nSPS) is 20.8. The molecule has 2 heterocycles. The second-order valence-corrected chi connectivity index (χ2v) is 6.24. The van der Waals surface area contributed by atoms with Crippen molar-refractivity contribution in [3.05, 3.63) is 28.5 Å². The number of benzene rings is 1. The Labute approximate surface area is 131 Å². The van der Waals surface area contributed by atoms with E-state index in [0.717, 1.165) is 19.6 Å². The van der Waals surface area contributed by atoms with Crippen LogP contribution < -0.4 is 0 Å². The molecule has 0 radical (unpaired) electrons. The molecule has 1 aliphatic heterocycles. The van der Waals surface area contributed by atoms with Crippen LogP contribution in [-0.2, 0) is 0 Å². The lowest BCUT2D eigenvalue weighted by atomic mass is 10.1. The summed E-state index contributed by atoms with van der Waals surface area (Å²) in [5, 5.41) is 13.8. The molecular weight excluding hydrogens is 336 g/mol. The number of phenolic OH excluding ortho intramolecular Hbond substituents is 1. The van der Waals surface area contributed by atoms with Gasteiger partial charge in [0.05, 0.1) is 10.5 Å². The zero-order chi connectivity index (χ0) is 15.0. The van der Waals surface area contributed by atoms with Crippen LogP contribution in [-0.4, -0.2) is 58.8 Å². The van der Waals surface area contributed by atoms with Gasteiger partial charge in [-0.2, -0.15) is 4.98 Å². The Hall–Kier alpha value is -1.44. The molecule has 0 amide bonds. The highest BCUT2D eigenvalue weighted by Gasteiger charge is 2.28. The average Bonchev–Trinajstić information content (AvgIpc) is 2.94. The number of aromatic hydroxyl groups is 1. The van der Waals surface area contributed by atoms with Gasteiger partial charge >= 0.3 is 0 Å². The highest BCUT2D eigenvalue weighted by Crippen LogP contribution is 2.30. The maximum atomic E-state index is 9.74. The molecule has 1 aromatic heterocycles. The summed E-state index contributed by atoms with van der Waals surface area (Å²) >= 11 is 3.26. The van der Waals surface area contributed by atoms with E-state index in [9.17, 15) is 5.11 Å². The van der Waals surface area contributed by atoms with Gasteiger partial charge in [0.2, 0.25) is 0 Å². The molecule has 7 heteroatoms. The third-order valence-electron chi connectivity index (χ3n) is 3.78. The van der Waals surface area contributed by atoms with E-state index in [1.54, 1.807) is 12.1 Å². The predicted molar refractivity (Wildman–Crippen MR) is 82.0 cm³/mol. The van der Waals surface area contributed by atoms with Gasteiger partial charge in [0, 0.05) is 25.2 Å². The van der Waals surface area contributed by atoms with Crippen molar-refractivity contribution in [1.29, 1.82) is 0 Å². The van der Waals surface area contributed by atoms with Crippen molar-refractivity contribution >= 4 is 15.9 Å². The molecule has 1 aliphatic rings. The fraction of sp³-hybridized carbons (Fsp3) is 0.429. The lowest BCUT2D eigenvalue weighted by molar-refractivity contribution is 0.108. The molecule has 112 valence electrons. The molecule has 3 rings (SSSR count). The number of halogens is 1.